The summed E-state index contributed by atoms with van der Waals surface area (Å²) in [4.78, 5) is 4.86. The van der Waals surface area contributed by atoms with Crippen LogP contribution in [0.1, 0.15) is 57.9 Å². The fourth-order valence-electron chi connectivity index (χ4n) is 3.84. The molecule has 142 valence electrons. The molecule has 0 aliphatic heterocycles. The van der Waals surface area contributed by atoms with Crippen molar-refractivity contribution in [3.8, 4) is 0 Å². The lowest BCUT2D eigenvalue weighted by Crippen LogP contribution is -2.36. The van der Waals surface area contributed by atoms with Gasteiger partial charge < -0.3 is 5.32 Å². The zero-order valence-corrected chi connectivity index (χ0v) is 17.4. The minimum atomic E-state index is -0.0483. The zero-order valence-electron chi connectivity index (χ0n) is 17.4. The number of hydrogen-bond donors (Lipinski definition) is 1. The molecule has 0 aliphatic carbocycles. The highest BCUT2D eigenvalue weighted by Gasteiger charge is 2.27. The summed E-state index contributed by atoms with van der Waals surface area (Å²) in [7, 11) is 0. The highest BCUT2D eigenvalue weighted by molar-refractivity contribution is 5.76. The maximum absolute atomic E-state index is 4.86. The molecule has 0 atom stereocenters. The smallest absolute Gasteiger partial charge is 0.139 e. The lowest BCUT2D eigenvalue weighted by molar-refractivity contribution is 0.302. The van der Waals surface area contributed by atoms with Crippen LogP contribution >= 0.6 is 0 Å². The van der Waals surface area contributed by atoms with E-state index in [4.69, 9.17) is 4.98 Å². The molecule has 1 N–H and O–H groups in total. The van der Waals surface area contributed by atoms with Crippen molar-refractivity contribution in [2.24, 2.45) is 5.41 Å². The van der Waals surface area contributed by atoms with E-state index in [1.54, 1.807) is 0 Å². The normalized spacial score (nSPS) is 12.8. The van der Waals surface area contributed by atoms with Crippen LogP contribution in [0.3, 0.4) is 0 Å². The highest BCUT2D eigenvalue weighted by atomic mass is 15.2. The van der Waals surface area contributed by atoms with E-state index in [-0.39, 0.29) is 11.0 Å². The van der Waals surface area contributed by atoms with Crippen LogP contribution in [0.15, 0.2) is 48.7 Å². The van der Waals surface area contributed by atoms with E-state index in [1.807, 2.05) is 6.07 Å². The molecule has 2 aromatic heterocycles. The van der Waals surface area contributed by atoms with Gasteiger partial charge in [0.2, 0.25) is 0 Å². The van der Waals surface area contributed by atoms with Crippen molar-refractivity contribution in [1.29, 1.82) is 0 Å². The topological polar surface area (TPSA) is 29.3 Å². The summed E-state index contributed by atoms with van der Waals surface area (Å²) >= 11 is 0. The van der Waals surface area contributed by atoms with E-state index in [2.05, 4.69) is 106 Å². The molecular weight excluding hydrogens is 330 g/mol. The van der Waals surface area contributed by atoms with Gasteiger partial charge in [0.25, 0.3) is 0 Å². The molecular formula is C24H31N3. The molecule has 3 aromatic rings. The van der Waals surface area contributed by atoms with Crippen LogP contribution in [0.4, 0.5) is 5.82 Å². The van der Waals surface area contributed by atoms with Crippen molar-refractivity contribution >= 4 is 23.6 Å². The van der Waals surface area contributed by atoms with E-state index >= 15 is 0 Å². The van der Waals surface area contributed by atoms with Gasteiger partial charge in [0.05, 0.1) is 0 Å². The number of hydrogen-bond acceptors (Lipinski definition) is 2. The summed E-state index contributed by atoms with van der Waals surface area (Å²) in [5.74, 6) is 1.05. The van der Waals surface area contributed by atoms with Gasteiger partial charge in [0.1, 0.15) is 17.2 Å². The van der Waals surface area contributed by atoms with Gasteiger partial charge in [0, 0.05) is 11.7 Å². The van der Waals surface area contributed by atoms with Crippen LogP contribution in [-0.4, -0.2) is 14.9 Å². The Morgan fingerprint density at radius 1 is 0.963 bits per heavy atom. The molecule has 0 fully saturated rings. The molecule has 0 radical (unpaired) electrons. The molecule has 0 saturated heterocycles. The quantitative estimate of drug-likeness (QED) is 0.566. The molecule has 0 saturated carbocycles. The largest absolute Gasteiger partial charge is 0.364 e. The fraction of sp³-hybridized carbons (Fsp3) is 0.375. The Bertz CT molecular complexity index is 941. The van der Waals surface area contributed by atoms with Crippen molar-refractivity contribution in [2.45, 2.75) is 53.5 Å². The minimum absolute atomic E-state index is 0.0483. The van der Waals surface area contributed by atoms with Gasteiger partial charge in [0.15, 0.2) is 0 Å². The summed E-state index contributed by atoms with van der Waals surface area (Å²) in [6.07, 6.45) is 7.43. The standard InChI is InChI=1S/C24H31N3/c1-18-12-15-21-25-20(14-13-19-10-8-7-9-11-19)22(27(21)16-18)26-24(5,6)17-23(2,3)4/h7-16,26H,17H2,1-6H3. The maximum atomic E-state index is 4.86. The third-order valence-corrected chi connectivity index (χ3v) is 4.46. The van der Waals surface area contributed by atoms with E-state index in [9.17, 15) is 0 Å². The maximum Gasteiger partial charge on any atom is 0.139 e. The first-order chi connectivity index (χ1) is 12.6. The summed E-state index contributed by atoms with van der Waals surface area (Å²) in [6.45, 7) is 13.5. The van der Waals surface area contributed by atoms with Crippen LogP contribution in [-0.2, 0) is 0 Å². The Hall–Kier alpha value is -2.55. The van der Waals surface area contributed by atoms with Crippen LogP contribution in [0.25, 0.3) is 17.8 Å². The average molecular weight is 362 g/mol. The summed E-state index contributed by atoms with van der Waals surface area (Å²) in [5.41, 5.74) is 4.51. The molecule has 0 unspecified atom stereocenters. The van der Waals surface area contributed by atoms with Crippen molar-refractivity contribution in [1.82, 2.24) is 9.38 Å². The number of aromatic nitrogens is 2. The van der Waals surface area contributed by atoms with E-state index in [0.29, 0.717) is 0 Å². The molecule has 3 rings (SSSR count). The van der Waals surface area contributed by atoms with Crippen molar-refractivity contribution in [2.75, 3.05) is 5.32 Å². The number of fused-ring (bicyclic) bond motifs is 1. The fourth-order valence-corrected chi connectivity index (χ4v) is 3.84. The number of aryl methyl sites for hydroxylation is 1. The molecule has 2 heterocycles. The Morgan fingerprint density at radius 3 is 2.33 bits per heavy atom. The Balaban J connectivity index is 2.03. The van der Waals surface area contributed by atoms with Gasteiger partial charge in [-0.15, -0.1) is 0 Å². The number of pyridine rings is 1. The van der Waals surface area contributed by atoms with E-state index in [1.165, 1.54) is 11.1 Å². The molecule has 0 amide bonds. The van der Waals surface area contributed by atoms with Gasteiger partial charge in [-0.25, -0.2) is 4.98 Å². The predicted molar refractivity (Wildman–Crippen MR) is 117 cm³/mol. The Morgan fingerprint density at radius 2 is 1.67 bits per heavy atom. The molecule has 3 nitrogen and oxygen atoms in total. The third kappa shape index (κ3) is 5.00. The van der Waals surface area contributed by atoms with E-state index < -0.39 is 0 Å². The molecule has 0 spiro atoms. The SMILES string of the molecule is Cc1ccc2nc(C=Cc3ccccc3)c(NC(C)(C)CC(C)(C)C)n2c1. The number of benzene rings is 1. The monoisotopic (exact) mass is 361 g/mol. The van der Waals surface area contributed by atoms with Crippen molar-refractivity contribution in [3.63, 3.8) is 0 Å². The molecule has 27 heavy (non-hydrogen) atoms. The second kappa shape index (κ2) is 7.22. The average Bonchev–Trinajstić information content (AvgIpc) is 2.88. The number of anilines is 1. The Labute approximate surface area is 163 Å². The van der Waals surface area contributed by atoms with Gasteiger partial charge in [-0.2, -0.15) is 0 Å². The van der Waals surface area contributed by atoms with Gasteiger partial charge >= 0.3 is 0 Å². The minimum Gasteiger partial charge on any atom is -0.364 e. The first-order valence-corrected chi connectivity index (χ1v) is 9.63. The third-order valence-electron chi connectivity index (χ3n) is 4.46. The van der Waals surface area contributed by atoms with Crippen molar-refractivity contribution in [3.05, 3.63) is 65.5 Å². The van der Waals surface area contributed by atoms with Gasteiger partial charge in [-0.1, -0.05) is 63.2 Å². The second-order valence-corrected chi connectivity index (χ2v) is 9.27. The molecule has 0 bridgehead atoms. The van der Waals surface area contributed by atoms with E-state index in [0.717, 1.165) is 23.6 Å². The Kier molecular flexibility index (Phi) is 5.14. The lowest BCUT2D eigenvalue weighted by atomic mass is 9.82. The molecule has 0 aliphatic rings. The van der Waals surface area contributed by atoms with Gasteiger partial charge in [-0.3, -0.25) is 4.40 Å². The predicted octanol–water partition coefficient (Wildman–Crippen LogP) is 6.44. The highest BCUT2D eigenvalue weighted by Crippen LogP contribution is 2.32. The summed E-state index contributed by atoms with van der Waals surface area (Å²) in [5, 5.41) is 3.78. The number of nitrogens with zero attached hydrogens (tertiary/aromatic N) is 2. The zero-order chi connectivity index (χ0) is 19.7. The van der Waals surface area contributed by atoms with Crippen LogP contribution in [0.5, 0.6) is 0 Å². The molecule has 1 aromatic carbocycles. The van der Waals surface area contributed by atoms with Crippen LogP contribution in [0, 0.1) is 12.3 Å². The summed E-state index contributed by atoms with van der Waals surface area (Å²) < 4.78 is 2.17. The van der Waals surface area contributed by atoms with Crippen molar-refractivity contribution < 1.29 is 0 Å². The van der Waals surface area contributed by atoms with Crippen LogP contribution < -0.4 is 5.32 Å². The summed E-state index contributed by atoms with van der Waals surface area (Å²) in [6, 6.07) is 14.5. The first-order valence-electron chi connectivity index (χ1n) is 9.63. The van der Waals surface area contributed by atoms with Crippen LogP contribution in [0.2, 0.25) is 0 Å². The first kappa shape index (κ1) is 19.2. The second-order valence-electron chi connectivity index (χ2n) is 9.27. The number of imidazole rings is 1. The molecule has 3 heteroatoms. The number of nitrogens with one attached hydrogen (secondary N) is 1. The number of rotatable bonds is 5. The lowest BCUT2D eigenvalue weighted by Gasteiger charge is -2.34. The van der Waals surface area contributed by atoms with Gasteiger partial charge in [-0.05, 0) is 55.9 Å².